The van der Waals surface area contributed by atoms with Gasteiger partial charge in [-0.2, -0.15) is 5.26 Å². The zero-order valence-corrected chi connectivity index (χ0v) is 22.9. The van der Waals surface area contributed by atoms with Gasteiger partial charge in [-0.05, 0) is 84.3 Å². The van der Waals surface area contributed by atoms with E-state index in [1.807, 2.05) is 25.1 Å². The van der Waals surface area contributed by atoms with E-state index in [1.54, 1.807) is 43.3 Å². The van der Waals surface area contributed by atoms with Gasteiger partial charge in [0.05, 0.1) is 17.7 Å². The van der Waals surface area contributed by atoms with Gasteiger partial charge >= 0.3 is 0 Å². The Balaban J connectivity index is 1.69. The van der Waals surface area contributed by atoms with Gasteiger partial charge in [0.1, 0.15) is 11.2 Å². The molecule has 1 saturated heterocycles. The lowest BCUT2D eigenvalue weighted by molar-refractivity contribution is -0.122. The fraction of sp³-hybridized carbons (Fsp3) is 0.344. The minimum Gasteiger partial charge on any atom is -0.325 e. The number of carbonyl (C=O) groups is 2. The quantitative estimate of drug-likeness (QED) is 0.408. The third-order valence-corrected chi connectivity index (χ3v) is 7.92. The molecule has 2 aliphatic rings. The van der Waals surface area contributed by atoms with E-state index < -0.39 is 17.4 Å². The number of hydrogen-bond acceptors (Lipinski definition) is 4. The third kappa shape index (κ3) is 4.59. The summed E-state index contributed by atoms with van der Waals surface area (Å²) in [7, 11) is 0. The summed E-state index contributed by atoms with van der Waals surface area (Å²) in [5.74, 6) is -1.40. The second kappa shape index (κ2) is 9.62. The number of aryl methyl sites for hydroxylation is 2. The lowest BCUT2D eigenvalue weighted by Gasteiger charge is -2.37. The molecule has 6 nitrogen and oxygen atoms in total. The number of fused-ring (bicyclic) bond motifs is 2. The fourth-order valence-electron chi connectivity index (χ4n) is 6.27. The largest absolute Gasteiger partial charge is 0.325 e. The Kier molecular flexibility index (Phi) is 6.56. The first-order valence-corrected chi connectivity index (χ1v) is 13.2. The van der Waals surface area contributed by atoms with Crippen LogP contribution in [0.4, 0.5) is 15.8 Å². The maximum absolute atomic E-state index is 14.4. The fourth-order valence-corrected chi connectivity index (χ4v) is 6.27. The van der Waals surface area contributed by atoms with Crippen molar-refractivity contribution >= 4 is 23.2 Å². The molecule has 7 heteroatoms. The van der Waals surface area contributed by atoms with E-state index in [0.717, 1.165) is 22.4 Å². The predicted molar refractivity (Wildman–Crippen MR) is 150 cm³/mol. The van der Waals surface area contributed by atoms with Gasteiger partial charge in [-0.3, -0.25) is 9.59 Å². The first-order chi connectivity index (χ1) is 18.4. The summed E-state index contributed by atoms with van der Waals surface area (Å²) in [6, 6.07) is 18.4. The average Bonchev–Trinajstić information content (AvgIpc) is 3.35. The van der Waals surface area contributed by atoms with E-state index in [0.29, 0.717) is 23.2 Å². The van der Waals surface area contributed by atoms with Crippen LogP contribution in [-0.2, 0) is 15.0 Å². The molecule has 3 aromatic carbocycles. The summed E-state index contributed by atoms with van der Waals surface area (Å²) in [6.45, 7) is 10.0. The van der Waals surface area contributed by atoms with Crippen molar-refractivity contribution < 1.29 is 14.0 Å². The number of nitriles is 1. The summed E-state index contributed by atoms with van der Waals surface area (Å²) < 4.78 is 14.4. The minimum absolute atomic E-state index is 0.153. The Hall–Kier alpha value is -4.02. The third-order valence-electron chi connectivity index (χ3n) is 7.92. The smallest absolute Gasteiger partial charge is 0.242 e. The summed E-state index contributed by atoms with van der Waals surface area (Å²) in [4.78, 5) is 28.2. The van der Waals surface area contributed by atoms with Gasteiger partial charge in [-0.15, -0.1) is 0 Å². The highest BCUT2D eigenvalue weighted by Crippen LogP contribution is 2.56. The van der Waals surface area contributed by atoms with Crippen LogP contribution in [0.2, 0.25) is 0 Å². The lowest BCUT2D eigenvalue weighted by atomic mass is 9.62. The van der Waals surface area contributed by atoms with Gasteiger partial charge in [-0.1, -0.05) is 45.0 Å². The number of rotatable bonds is 4. The number of amides is 2. The van der Waals surface area contributed by atoms with E-state index in [2.05, 4.69) is 42.8 Å². The molecule has 2 heterocycles. The lowest BCUT2D eigenvalue weighted by Crippen LogP contribution is -2.49. The molecular weight excluding hydrogens is 491 g/mol. The molecule has 2 aliphatic heterocycles. The molecule has 2 amide bonds. The van der Waals surface area contributed by atoms with Crippen LogP contribution in [0.15, 0.2) is 60.7 Å². The van der Waals surface area contributed by atoms with Crippen LogP contribution in [0.3, 0.4) is 0 Å². The highest BCUT2D eigenvalue weighted by atomic mass is 19.1. The number of benzene rings is 3. The molecule has 2 unspecified atom stereocenters. The number of nitrogens with one attached hydrogen (secondary N) is 3. The summed E-state index contributed by atoms with van der Waals surface area (Å²) in [5, 5.41) is 18.8. The molecule has 1 spiro atoms. The predicted octanol–water partition coefficient (Wildman–Crippen LogP) is 5.70. The van der Waals surface area contributed by atoms with Crippen LogP contribution in [-0.4, -0.2) is 23.9 Å². The molecule has 39 heavy (non-hydrogen) atoms. The number of anilines is 2. The molecule has 200 valence electrons. The van der Waals surface area contributed by atoms with Crippen LogP contribution in [0.5, 0.6) is 0 Å². The molecule has 0 radical (unpaired) electrons. The molecular formula is C32H33FN4O2. The number of nitrogens with zero attached hydrogens (tertiary/aromatic N) is 1. The Bertz CT molecular complexity index is 1500. The Morgan fingerprint density at radius 3 is 2.44 bits per heavy atom. The normalized spacial score (nSPS) is 23.8. The highest BCUT2D eigenvalue weighted by Gasteiger charge is 2.65. The second-order valence-electron chi connectivity index (χ2n) is 12.0. The Morgan fingerprint density at radius 2 is 1.79 bits per heavy atom. The highest BCUT2D eigenvalue weighted by molar-refractivity contribution is 6.10. The molecule has 5 rings (SSSR count). The van der Waals surface area contributed by atoms with Crippen molar-refractivity contribution in [1.82, 2.24) is 5.32 Å². The van der Waals surface area contributed by atoms with Gasteiger partial charge in [0, 0.05) is 23.3 Å². The first kappa shape index (κ1) is 26.6. The van der Waals surface area contributed by atoms with Crippen molar-refractivity contribution in [1.29, 1.82) is 5.26 Å². The van der Waals surface area contributed by atoms with Crippen LogP contribution < -0.4 is 16.0 Å². The van der Waals surface area contributed by atoms with Crippen molar-refractivity contribution in [2.75, 3.05) is 10.6 Å². The summed E-state index contributed by atoms with van der Waals surface area (Å²) in [5.41, 5.74) is 3.59. The van der Waals surface area contributed by atoms with Gasteiger partial charge < -0.3 is 16.0 Å². The van der Waals surface area contributed by atoms with Crippen LogP contribution >= 0.6 is 0 Å². The van der Waals surface area contributed by atoms with Gasteiger partial charge in [0.2, 0.25) is 11.8 Å². The van der Waals surface area contributed by atoms with E-state index in [9.17, 15) is 14.0 Å². The van der Waals surface area contributed by atoms with Gasteiger partial charge in [0.15, 0.2) is 0 Å². The van der Waals surface area contributed by atoms with Crippen molar-refractivity contribution in [2.45, 2.75) is 64.5 Å². The molecule has 4 atom stereocenters. The van der Waals surface area contributed by atoms with Gasteiger partial charge in [0.25, 0.3) is 0 Å². The Labute approximate surface area is 228 Å². The molecule has 1 fully saturated rings. The second-order valence-corrected chi connectivity index (χ2v) is 12.0. The zero-order valence-electron chi connectivity index (χ0n) is 22.9. The minimum atomic E-state index is -1.09. The molecule has 3 N–H and O–H groups in total. The van der Waals surface area contributed by atoms with Crippen molar-refractivity contribution in [3.63, 3.8) is 0 Å². The van der Waals surface area contributed by atoms with Crippen molar-refractivity contribution in [3.8, 4) is 6.07 Å². The number of hydrogen-bond donors (Lipinski definition) is 3. The molecule has 0 bridgehead atoms. The molecule has 0 aromatic heterocycles. The van der Waals surface area contributed by atoms with Crippen molar-refractivity contribution in [2.24, 2.45) is 5.41 Å². The SMILES string of the molecule is Cc1ccc2c(c1)NC(=O)[C@@]21C(CC(C)(C)C)N[C@@H](C(=O)Nc2ccc(C#N)cc2)C1c1ccc(F)c(C)c1. The monoisotopic (exact) mass is 524 g/mol. The van der Waals surface area contributed by atoms with Crippen molar-refractivity contribution in [3.05, 3.63) is 94.3 Å². The molecule has 0 aliphatic carbocycles. The number of carbonyl (C=O) groups excluding carboxylic acids is 2. The maximum atomic E-state index is 14.4. The average molecular weight is 525 g/mol. The number of halogens is 1. The molecule has 3 aromatic rings. The van der Waals surface area contributed by atoms with Gasteiger partial charge in [-0.25, -0.2) is 4.39 Å². The van der Waals surface area contributed by atoms with Crippen LogP contribution in [0.25, 0.3) is 0 Å². The first-order valence-electron chi connectivity index (χ1n) is 13.2. The van der Waals surface area contributed by atoms with Crippen LogP contribution in [0, 0.1) is 36.4 Å². The Morgan fingerprint density at radius 1 is 1.08 bits per heavy atom. The van der Waals surface area contributed by atoms with Crippen LogP contribution in [0.1, 0.15) is 60.9 Å². The maximum Gasteiger partial charge on any atom is 0.242 e. The van der Waals surface area contributed by atoms with E-state index in [4.69, 9.17) is 5.26 Å². The van der Waals surface area contributed by atoms with E-state index >= 15 is 0 Å². The standard InChI is InChI=1S/C32H33FN4O2/c1-18-6-12-23-25(14-18)36-30(39)32(23)26(16-31(3,4)5)37-28(27(32)21-9-13-24(33)19(2)15-21)29(38)35-22-10-7-20(17-34)8-11-22/h6-15,26-28,37H,16H2,1-5H3,(H,35,38)(H,36,39)/t26?,27?,28-,32-/m1/s1. The van der Waals surface area contributed by atoms with E-state index in [-0.39, 0.29) is 29.1 Å². The van der Waals surface area contributed by atoms with E-state index in [1.165, 1.54) is 6.07 Å². The summed E-state index contributed by atoms with van der Waals surface area (Å²) in [6.07, 6.45) is 0.630. The zero-order chi connectivity index (χ0) is 28.1. The summed E-state index contributed by atoms with van der Waals surface area (Å²) >= 11 is 0. The molecule has 0 saturated carbocycles. The topological polar surface area (TPSA) is 94.0 Å².